The number of nitrogens with zero attached hydrogens (tertiary/aromatic N) is 1. The van der Waals surface area contributed by atoms with Gasteiger partial charge < -0.3 is 4.90 Å². The van der Waals surface area contributed by atoms with Crippen LogP contribution in [0, 0.1) is 0 Å². The Bertz CT molecular complexity index is 3950. The van der Waals surface area contributed by atoms with Crippen molar-refractivity contribution in [2.45, 2.75) is 0 Å². The van der Waals surface area contributed by atoms with Crippen molar-refractivity contribution in [2.24, 2.45) is 0 Å². The van der Waals surface area contributed by atoms with Gasteiger partial charge in [-0.3, -0.25) is 0 Å². The number of benzene rings is 12. The van der Waals surface area contributed by atoms with Crippen LogP contribution in [0.25, 0.3) is 108 Å². The Balaban J connectivity index is 0.823. The molecule has 1 nitrogen and oxygen atoms in total. The molecule has 0 saturated heterocycles. The minimum absolute atomic E-state index is 1.10. The van der Waals surface area contributed by atoms with Gasteiger partial charge in [-0.05, 0) is 155 Å². The van der Waals surface area contributed by atoms with Gasteiger partial charge in [0.05, 0.1) is 0 Å². The minimum atomic E-state index is 1.10. The predicted molar refractivity (Wildman–Crippen MR) is 294 cm³/mol. The van der Waals surface area contributed by atoms with Crippen molar-refractivity contribution >= 4 is 80.9 Å². The van der Waals surface area contributed by atoms with Crippen molar-refractivity contribution < 1.29 is 0 Å². The molecule has 0 N–H and O–H groups in total. The van der Waals surface area contributed by atoms with E-state index in [9.17, 15) is 0 Å². The monoisotopic (exact) mass is 881 g/mol. The average molecular weight is 882 g/mol. The summed E-state index contributed by atoms with van der Waals surface area (Å²) in [6.07, 6.45) is 0. The molecular weight excluding hydrogens is 839 g/mol. The molecule has 0 radical (unpaired) electrons. The second kappa shape index (κ2) is 16.7. The summed E-state index contributed by atoms with van der Waals surface area (Å²) in [6.45, 7) is 0. The largest absolute Gasteiger partial charge is 0.310 e. The van der Waals surface area contributed by atoms with Crippen molar-refractivity contribution in [3.05, 3.63) is 261 Å². The molecule has 0 bridgehead atoms. The maximum absolute atomic E-state index is 2.39. The van der Waals surface area contributed by atoms with E-state index in [1.54, 1.807) is 0 Å². The van der Waals surface area contributed by atoms with Crippen LogP contribution >= 0.6 is 11.3 Å². The minimum Gasteiger partial charge on any atom is -0.310 e. The average Bonchev–Trinajstić information content (AvgIpc) is 3.79. The van der Waals surface area contributed by atoms with E-state index >= 15 is 0 Å². The molecule has 2 heteroatoms. The van der Waals surface area contributed by atoms with Gasteiger partial charge in [0.2, 0.25) is 0 Å². The summed E-state index contributed by atoms with van der Waals surface area (Å²) in [5.74, 6) is 0. The van der Waals surface area contributed by atoms with Crippen LogP contribution in [0.15, 0.2) is 261 Å². The maximum Gasteiger partial charge on any atom is 0.0468 e. The van der Waals surface area contributed by atoms with E-state index in [1.165, 1.54) is 108 Å². The fraction of sp³-hybridized carbons (Fsp3) is 0. The summed E-state index contributed by atoms with van der Waals surface area (Å²) < 4.78 is 2.63. The van der Waals surface area contributed by atoms with Crippen molar-refractivity contribution in [3.63, 3.8) is 0 Å². The highest BCUT2D eigenvalue weighted by Crippen LogP contribution is 2.43. The molecule has 0 spiro atoms. The predicted octanol–water partition coefficient (Wildman–Crippen LogP) is 19.3. The maximum atomic E-state index is 2.39. The Labute approximate surface area is 400 Å². The smallest absolute Gasteiger partial charge is 0.0468 e. The highest BCUT2D eigenvalue weighted by molar-refractivity contribution is 7.25. The summed E-state index contributed by atoms with van der Waals surface area (Å²) >= 11 is 1.87. The molecule has 0 aliphatic carbocycles. The molecular formula is C66H43NS. The second-order valence-electron chi connectivity index (χ2n) is 17.7. The molecule has 13 rings (SSSR count). The first-order chi connectivity index (χ1) is 33.7. The SMILES string of the molecule is c1ccc(-c2ccc(N(c3ccc(-c4ccc(-c5cccc(-c6ccc7sc8ccc(-c9ccccc9)cc8c7c6)c5)cc4)cc3)c3ccc4c5ccccc5c5ccccc5c4c3)cc2)cc1. The molecule has 12 aromatic carbocycles. The first-order valence-electron chi connectivity index (χ1n) is 23.3. The summed E-state index contributed by atoms with van der Waals surface area (Å²) in [4.78, 5) is 2.39. The van der Waals surface area contributed by atoms with E-state index < -0.39 is 0 Å². The van der Waals surface area contributed by atoms with Gasteiger partial charge in [-0.25, -0.2) is 0 Å². The molecule has 318 valence electrons. The van der Waals surface area contributed by atoms with E-state index in [0.29, 0.717) is 0 Å². The zero-order chi connectivity index (χ0) is 45.0. The molecule has 0 saturated carbocycles. The van der Waals surface area contributed by atoms with E-state index in [1.807, 2.05) is 11.3 Å². The lowest BCUT2D eigenvalue weighted by atomic mass is 9.94. The van der Waals surface area contributed by atoms with Crippen molar-refractivity contribution in [1.29, 1.82) is 0 Å². The van der Waals surface area contributed by atoms with Crippen LogP contribution in [0.2, 0.25) is 0 Å². The Morgan fingerprint density at radius 3 is 1.03 bits per heavy atom. The fourth-order valence-electron chi connectivity index (χ4n) is 10.2. The third kappa shape index (κ3) is 7.11. The van der Waals surface area contributed by atoms with Gasteiger partial charge >= 0.3 is 0 Å². The highest BCUT2D eigenvalue weighted by atomic mass is 32.1. The Kier molecular flexibility index (Phi) is 9.77. The van der Waals surface area contributed by atoms with Crippen LogP contribution in [0.1, 0.15) is 0 Å². The van der Waals surface area contributed by atoms with Gasteiger partial charge in [-0.2, -0.15) is 0 Å². The Morgan fingerprint density at radius 1 is 0.191 bits per heavy atom. The van der Waals surface area contributed by atoms with Crippen molar-refractivity contribution in [1.82, 2.24) is 0 Å². The van der Waals surface area contributed by atoms with Gasteiger partial charge in [0.15, 0.2) is 0 Å². The van der Waals surface area contributed by atoms with Crippen LogP contribution in [0.5, 0.6) is 0 Å². The number of rotatable bonds is 8. The van der Waals surface area contributed by atoms with Crippen LogP contribution in [0.3, 0.4) is 0 Å². The molecule has 1 heterocycles. The van der Waals surface area contributed by atoms with E-state index in [2.05, 4.69) is 266 Å². The molecule has 0 fully saturated rings. The van der Waals surface area contributed by atoms with E-state index in [4.69, 9.17) is 0 Å². The molecule has 0 aliphatic rings. The van der Waals surface area contributed by atoms with Gasteiger partial charge in [0.1, 0.15) is 0 Å². The summed E-state index contributed by atoms with van der Waals surface area (Å²) in [6, 6.07) is 95.6. The molecule has 0 aliphatic heterocycles. The zero-order valence-corrected chi connectivity index (χ0v) is 38.0. The quantitative estimate of drug-likeness (QED) is 0.137. The summed E-state index contributed by atoms with van der Waals surface area (Å²) in [5.41, 5.74) is 15.4. The fourth-order valence-corrected chi connectivity index (χ4v) is 11.3. The lowest BCUT2D eigenvalue weighted by molar-refractivity contribution is 1.29. The van der Waals surface area contributed by atoms with Crippen LogP contribution in [-0.2, 0) is 0 Å². The van der Waals surface area contributed by atoms with Crippen LogP contribution in [-0.4, -0.2) is 0 Å². The third-order valence-electron chi connectivity index (χ3n) is 13.7. The lowest BCUT2D eigenvalue weighted by Gasteiger charge is -2.26. The number of fused-ring (bicyclic) bond motifs is 9. The Morgan fingerprint density at radius 2 is 0.515 bits per heavy atom. The molecule has 0 atom stereocenters. The topological polar surface area (TPSA) is 3.24 Å². The lowest BCUT2D eigenvalue weighted by Crippen LogP contribution is -2.10. The van der Waals surface area contributed by atoms with Gasteiger partial charge in [-0.1, -0.05) is 194 Å². The van der Waals surface area contributed by atoms with Crippen LogP contribution in [0.4, 0.5) is 17.1 Å². The first kappa shape index (κ1) is 39.8. The van der Waals surface area contributed by atoms with Gasteiger partial charge in [-0.15, -0.1) is 11.3 Å². The summed E-state index contributed by atoms with van der Waals surface area (Å²) in [5, 5.41) is 10.2. The molecule has 68 heavy (non-hydrogen) atoms. The normalized spacial score (nSPS) is 11.5. The molecule has 0 unspecified atom stereocenters. The van der Waals surface area contributed by atoms with Gasteiger partial charge in [0.25, 0.3) is 0 Å². The molecule has 0 amide bonds. The molecule has 1 aromatic heterocycles. The first-order valence-corrected chi connectivity index (χ1v) is 24.1. The van der Waals surface area contributed by atoms with Gasteiger partial charge in [0, 0.05) is 37.2 Å². The second-order valence-corrected chi connectivity index (χ2v) is 18.7. The third-order valence-corrected chi connectivity index (χ3v) is 14.8. The van der Waals surface area contributed by atoms with Crippen molar-refractivity contribution in [2.75, 3.05) is 4.90 Å². The number of hydrogen-bond acceptors (Lipinski definition) is 2. The number of hydrogen-bond donors (Lipinski definition) is 0. The van der Waals surface area contributed by atoms with Crippen LogP contribution < -0.4 is 4.90 Å². The van der Waals surface area contributed by atoms with E-state index in [0.717, 1.165) is 17.1 Å². The Hall–Kier alpha value is -8.56. The standard InChI is InChI=1S/C66H43NS/c1-3-12-44(13-4-1)47-26-32-54(33-27-47)67(56-36-37-61-59-20-8-7-18-57(59)58-19-9-10-21-60(58)62(61)43-56)55-34-28-48(29-35-55)46-22-24-49(25-23-46)50-16-11-17-51(40-50)53-31-39-66-64(42-53)63-41-52(30-38-65(63)68-66)45-14-5-2-6-15-45/h1-43H. The molecule has 13 aromatic rings. The zero-order valence-electron chi connectivity index (χ0n) is 37.2. The number of anilines is 3. The number of thiophene rings is 1. The van der Waals surface area contributed by atoms with E-state index in [-0.39, 0.29) is 0 Å². The summed E-state index contributed by atoms with van der Waals surface area (Å²) in [7, 11) is 0. The van der Waals surface area contributed by atoms with Crippen molar-refractivity contribution in [3.8, 4) is 55.6 Å². The highest BCUT2D eigenvalue weighted by Gasteiger charge is 2.17.